The van der Waals surface area contributed by atoms with Crippen molar-refractivity contribution in [2.45, 2.75) is 65.5 Å². The van der Waals surface area contributed by atoms with Gasteiger partial charge in [-0.25, -0.2) is 4.79 Å². The molecule has 0 aliphatic carbocycles. The first-order valence-corrected chi connectivity index (χ1v) is 16.2. The Balaban J connectivity index is 1.87. The molecule has 2 atom stereocenters. The molecule has 2 fully saturated rings. The maximum atomic E-state index is 14.0. The van der Waals surface area contributed by atoms with Gasteiger partial charge in [0, 0.05) is 53.0 Å². The first kappa shape index (κ1) is 36.9. The molecule has 0 saturated carbocycles. The van der Waals surface area contributed by atoms with E-state index in [2.05, 4.69) is 10.6 Å². The summed E-state index contributed by atoms with van der Waals surface area (Å²) in [5.41, 5.74) is 0.239. The number of carbonyl (C=O) groups excluding carboxylic acids is 4. The second-order valence-electron chi connectivity index (χ2n) is 13.2. The van der Waals surface area contributed by atoms with Gasteiger partial charge in [0.05, 0.1) is 38.0 Å². The van der Waals surface area contributed by atoms with Crippen molar-refractivity contribution in [2.24, 2.45) is 11.8 Å². The third-order valence-corrected chi connectivity index (χ3v) is 7.79. The fraction of sp³-hybridized carbons (Fsp3) is 0.697. The molecule has 3 rings (SSSR count). The third kappa shape index (κ3) is 10.8. The number of rotatable bonds is 12. The molecule has 13 heteroatoms. The molecule has 13 nitrogen and oxygen atoms in total. The van der Waals surface area contributed by atoms with Gasteiger partial charge in [-0.3, -0.25) is 14.4 Å². The summed E-state index contributed by atoms with van der Waals surface area (Å²) in [4.78, 5) is 59.4. The second kappa shape index (κ2) is 17.4. The summed E-state index contributed by atoms with van der Waals surface area (Å²) in [5.74, 6) is -1.84. The summed E-state index contributed by atoms with van der Waals surface area (Å²) in [6.07, 6.45) is 1.46. The van der Waals surface area contributed by atoms with E-state index in [1.807, 2.05) is 19.9 Å². The predicted octanol–water partition coefficient (Wildman–Crippen LogP) is 3.44. The Kier molecular flexibility index (Phi) is 13.9. The van der Waals surface area contributed by atoms with Crippen molar-refractivity contribution in [3.8, 4) is 5.75 Å². The maximum absolute atomic E-state index is 14.0. The van der Waals surface area contributed by atoms with Crippen LogP contribution in [-0.2, 0) is 28.6 Å². The molecular weight excluding hydrogens is 594 g/mol. The lowest BCUT2D eigenvalue weighted by molar-refractivity contribution is -0.149. The molecule has 0 unspecified atom stereocenters. The Hall–Kier alpha value is -3.58. The number of anilines is 2. The zero-order valence-corrected chi connectivity index (χ0v) is 28.6. The van der Waals surface area contributed by atoms with Crippen LogP contribution < -0.4 is 15.4 Å². The van der Waals surface area contributed by atoms with Crippen molar-refractivity contribution in [3.63, 3.8) is 0 Å². The Labute approximate surface area is 273 Å². The van der Waals surface area contributed by atoms with E-state index in [-0.39, 0.29) is 31.5 Å². The molecule has 258 valence electrons. The minimum Gasteiger partial charge on any atom is -0.494 e. The molecule has 1 aromatic carbocycles. The number of ether oxygens (including phenoxy) is 4. The van der Waals surface area contributed by atoms with E-state index >= 15 is 0 Å². The van der Waals surface area contributed by atoms with Crippen LogP contribution in [-0.4, -0.2) is 123 Å². The fourth-order valence-electron chi connectivity index (χ4n) is 5.66. The summed E-state index contributed by atoms with van der Waals surface area (Å²) < 4.78 is 21.7. The van der Waals surface area contributed by atoms with Gasteiger partial charge in [-0.15, -0.1) is 0 Å². The van der Waals surface area contributed by atoms with Gasteiger partial charge in [0.2, 0.25) is 5.91 Å². The molecule has 2 aliphatic rings. The zero-order valence-electron chi connectivity index (χ0n) is 28.6. The van der Waals surface area contributed by atoms with Crippen LogP contribution in [0.15, 0.2) is 18.2 Å². The number of benzene rings is 1. The summed E-state index contributed by atoms with van der Waals surface area (Å²) in [6, 6.07) is 4.74. The van der Waals surface area contributed by atoms with Gasteiger partial charge in [0.1, 0.15) is 17.0 Å². The van der Waals surface area contributed by atoms with Crippen LogP contribution in [0.25, 0.3) is 0 Å². The highest BCUT2D eigenvalue weighted by molar-refractivity contribution is 6.40. The predicted molar refractivity (Wildman–Crippen MR) is 175 cm³/mol. The van der Waals surface area contributed by atoms with Gasteiger partial charge in [-0.1, -0.05) is 19.9 Å². The number of nitrogens with one attached hydrogen (secondary N) is 2. The molecule has 0 spiro atoms. The van der Waals surface area contributed by atoms with Gasteiger partial charge >= 0.3 is 17.9 Å². The topological polar surface area (TPSA) is 139 Å². The van der Waals surface area contributed by atoms with Crippen LogP contribution in [0.3, 0.4) is 0 Å². The summed E-state index contributed by atoms with van der Waals surface area (Å²) in [6.45, 7) is 12.9. The lowest BCUT2D eigenvalue weighted by Crippen LogP contribution is -2.59. The molecule has 0 aromatic heterocycles. The van der Waals surface area contributed by atoms with Crippen molar-refractivity contribution in [3.05, 3.63) is 18.2 Å². The average Bonchev–Trinajstić information content (AvgIpc) is 3.02. The van der Waals surface area contributed by atoms with E-state index in [1.54, 1.807) is 44.9 Å². The monoisotopic (exact) mass is 647 g/mol. The van der Waals surface area contributed by atoms with Crippen LogP contribution in [0.2, 0.25) is 0 Å². The molecule has 46 heavy (non-hydrogen) atoms. The van der Waals surface area contributed by atoms with Gasteiger partial charge in [0.25, 0.3) is 0 Å². The van der Waals surface area contributed by atoms with Crippen LogP contribution in [0.4, 0.5) is 16.2 Å². The van der Waals surface area contributed by atoms with E-state index < -0.39 is 35.5 Å². The summed E-state index contributed by atoms with van der Waals surface area (Å²) in [5, 5.41) is 6.11. The molecular formula is C33H53N5O8. The normalized spacial score (nSPS) is 18.6. The largest absolute Gasteiger partial charge is 0.494 e. The standard InChI is InChI=1S/C33H53N5O8/c1-23(2)20-38(31(41)29(39)35-28-26(11-10-12-27(28)44-7)34-13-8-9-16-43-6)25-19-24(30(40)36-14-17-45-18-15-36)21-37(22-25)32(42)46-33(3,4)5/h10-12,23-25,34H,8-9,13-22H2,1-7H3,(H,35,39)/t24-,25+/m1/s1. The minimum atomic E-state index is -0.835. The van der Waals surface area contributed by atoms with Gasteiger partial charge < -0.3 is 44.3 Å². The quantitative estimate of drug-likeness (QED) is 0.258. The van der Waals surface area contributed by atoms with Gasteiger partial charge in [0.15, 0.2) is 0 Å². The number of piperidine rings is 1. The first-order valence-electron chi connectivity index (χ1n) is 16.2. The van der Waals surface area contributed by atoms with Crippen molar-refractivity contribution in [1.82, 2.24) is 14.7 Å². The maximum Gasteiger partial charge on any atom is 0.410 e. The Bertz CT molecular complexity index is 1180. The molecule has 2 saturated heterocycles. The summed E-state index contributed by atoms with van der Waals surface area (Å²) >= 11 is 0. The second-order valence-corrected chi connectivity index (χ2v) is 13.2. The van der Waals surface area contributed by atoms with E-state index in [1.165, 1.54) is 16.9 Å². The molecule has 0 bridgehead atoms. The molecule has 2 aliphatic heterocycles. The number of carbonyl (C=O) groups is 4. The number of methoxy groups -OCH3 is 2. The van der Waals surface area contributed by atoms with Crippen LogP contribution in [0.1, 0.15) is 53.9 Å². The van der Waals surface area contributed by atoms with Crippen molar-refractivity contribution < 1.29 is 38.1 Å². The van der Waals surface area contributed by atoms with Crippen molar-refractivity contribution in [1.29, 1.82) is 0 Å². The van der Waals surface area contributed by atoms with Crippen molar-refractivity contribution >= 4 is 35.2 Å². The average molecular weight is 648 g/mol. The van der Waals surface area contributed by atoms with Crippen LogP contribution in [0.5, 0.6) is 5.75 Å². The smallest absolute Gasteiger partial charge is 0.410 e. The number of hydrogen-bond donors (Lipinski definition) is 2. The molecule has 4 amide bonds. The first-order chi connectivity index (χ1) is 21.8. The van der Waals surface area contributed by atoms with Gasteiger partial charge in [-0.2, -0.15) is 0 Å². The third-order valence-electron chi connectivity index (χ3n) is 7.79. The Morgan fingerprint density at radius 2 is 1.76 bits per heavy atom. The SMILES string of the molecule is COCCCCNc1cccc(OC)c1NC(=O)C(=O)N(CC(C)C)[C@H]1C[C@@H](C(=O)N2CCOCC2)CN(C(=O)OC(C)(C)C)C1. The molecule has 2 heterocycles. The lowest BCUT2D eigenvalue weighted by Gasteiger charge is -2.44. The minimum absolute atomic E-state index is 0.0117. The molecule has 0 radical (unpaired) electrons. The fourth-order valence-corrected chi connectivity index (χ4v) is 5.66. The summed E-state index contributed by atoms with van der Waals surface area (Å²) in [7, 11) is 3.16. The Morgan fingerprint density at radius 3 is 2.39 bits per heavy atom. The highest BCUT2D eigenvalue weighted by Gasteiger charge is 2.42. The number of para-hydroxylation sites is 1. The van der Waals surface area contributed by atoms with Crippen LogP contribution >= 0.6 is 0 Å². The lowest BCUT2D eigenvalue weighted by atomic mass is 9.91. The highest BCUT2D eigenvalue weighted by atomic mass is 16.6. The van der Waals surface area contributed by atoms with Gasteiger partial charge in [-0.05, 0) is 58.1 Å². The zero-order chi connectivity index (χ0) is 33.9. The van der Waals surface area contributed by atoms with E-state index in [9.17, 15) is 19.2 Å². The number of nitrogens with zero attached hydrogens (tertiary/aromatic N) is 3. The van der Waals surface area contributed by atoms with Crippen molar-refractivity contribution in [2.75, 3.05) is 83.9 Å². The number of hydrogen-bond acceptors (Lipinski definition) is 9. The number of likely N-dealkylation sites (tertiary alicyclic amines) is 1. The molecule has 2 N–H and O–H groups in total. The molecule has 1 aromatic rings. The number of amides is 4. The van der Waals surface area contributed by atoms with E-state index in [0.717, 1.165) is 12.8 Å². The van der Waals surface area contributed by atoms with E-state index in [0.29, 0.717) is 63.0 Å². The van der Waals surface area contributed by atoms with Crippen LogP contribution in [0, 0.1) is 11.8 Å². The Morgan fingerprint density at radius 1 is 1.04 bits per heavy atom. The number of morpholine rings is 1. The highest BCUT2D eigenvalue weighted by Crippen LogP contribution is 2.33. The van der Waals surface area contributed by atoms with E-state index in [4.69, 9.17) is 18.9 Å². The number of unbranched alkanes of at least 4 members (excludes halogenated alkanes) is 1.